The van der Waals surface area contributed by atoms with Crippen molar-refractivity contribution in [1.29, 1.82) is 0 Å². The van der Waals surface area contributed by atoms with Crippen molar-refractivity contribution in [3.8, 4) is 0 Å². The fourth-order valence-electron chi connectivity index (χ4n) is 2.62. The zero-order valence-electron chi connectivity index (χ0n) is 16.3. The van der Waals surface area contributed by atoms with Gasteiger partial charge in [-0.3, -0.25) is 4.79 Å². The van der Waals surface area contributed by atoms with Crippen LogP contribution in [-0.4, -0.2) is 38.0 Å². The van der Waals surface area contributed by atoms with Crippen LogP contribution in [0.3, 0.4) is 0 Å². The van der Waals surface area contributed by atoms with Gasteiger partial charge >= 0.3 is 0 Å². The molecule has 0 bridgehead atoms. The van der Waals surface area contributed by atoms with Crippen LogP contribution in [0.4, 0.5) is 5.69 Å². The molecule has 1 N–H and O–H groups in total. The monoisotopic (exact) mass is 368 g/mol. The molecule has 0 saturated heterocycles. The second kappa shape index (κ2) is 9.34. The largest absolute Gasteiger partial charge is 0.326 e. The Kier molecular flexibility index (Phi) is 8.09. The zero-order chi connectivity index (χ0) is 19.2. The molecule has 0 spiro atoms. The van der Waals surface area contributed by atoms with Crippen molar-refractivity contribution in [2.24, 2.45) is 5.92 Å². The lowest BCUT2D eigenvalue weighted by atomic mass is 9.98. The van der Waals surface area contributed by atoms with E-state index in [4.69, 9.17) is 0 Å². The first-order chi connectivity index (χ1) is 11.5. The highest BCUT2D eigenvalue weighted by Gasteiger charge is 2.19. The summed E-state index contributed by atoms with van der Waals surface area (Å²) in [5.74, 6) is 0.557. The Morgan fingerprint density at radius 3 is 2.32 bits per heavy atom. The number of aryl methyl sites for hydroxylation is 1. The van der Waals surface area contributed by atoms with Gasteiger partial charge in [0.1, 0.15) is 0 Å². The Bertz CT molecular complexity index is 682. The molecule has 1 amide bonds. The number of hydrogen-bond acceptors (Lipinski definition) is 3. The number of anilines is 1. The topological polar surface area (TPSA) is 66.5 Å². The summed E-state index contributed by atoms with van der Waals surface area (Å²) in [6.07, 6.45) is 2.13. The lowest BCUT2D eigenvalue weighted by Gasteiger charge is -2.21. The van der Waals surface area contributed by atoms with E-state index in [0.29, 0.717) is 18.4 Å². The second-order valence-corrected chi connectivity index (χ2v) is 9.32. The normalized spacial score (nSPS) is 12.2. The average Bonchev–Trinajstić information content (AvgIpc) is 2.47. The predicted octanol–water partition coefficient (Wildman–Crippen LogP) is 3.75. The number of rotatable bonds is 9. The lowest BCUT2D eigenvalue weighted by Crippen LogP contribution is -2.34. The van der Waals surface area contributed by atoms with Gasteiger partial charge in [0.15, 0.2) is 0 Å². The molecule has 0 atom stereocenters. The number of carbonyl (C=O) groups is 1. The molecule has 1 aromatic rings. The van der Waals surface area contributed by atoms with Gasteiger partial charge in [-0.05, 0) is 36.3 Å². The third-order valence-corrected chi connectivity index (χ3v) is 5.51. The van der Waals surface area contributed by atoms with Crippen LogP contribution in [0.2, 0.25) is 0 Å². The van der Waals surface area contributed by atoms with Crippen molar-refractivity contribution in [3.63, 3.8) is 0 Å². The Morgan fingerprint density at radius 2 is 1.80 bits per heavy atom. The lowest BCUT2D eigenvalue weighted by molar-refractivity contribution is -0.116. The fraction of sp³-hybridized carbons (Fsp3) is 0.632. The van der Waals surface area contributed by atoms with Crippen molar-refractivity contribution in [2.45, 2.75) is 53.4 Å². The van der Waals surface area contributed by atoms with Gasteiger partial charge in [-0.15, -0.1) is 0 Å². The molecule has 0 unspecified atom stereocenters. The first-order valence-electron chi connectivity index (χ1n) is 8.86. The Balaban J connectivity index is 2.76. The van der Waals surface area contributed by atoms with Crippen LogP contribution < -0.4 is 5.32 Å². The quantitative estimate of drug-likeness (QED) is 0.722. The van der Waals surface area contributed by atoms with E-state index < -0.39 is 10.0 Å². The Morgan fingerprint density at radius 1 is 1.16 bits per heavy atom. The summed E-state index contributed by atoms with van der Waals surface area (Å²) >= 11 is 0. The minimum absolute atomic E-state index is 0.150. The van der Waals surface area contributed by atoms with E-state index in [1.54, 1.807) is 0 Å². The SMILES string of the molecule is Cc1cccc(C(C)C)c1NC(=O)CCN(CCC(C)C)S(C)(=O)=O. The number of nitrogens with zero attached hydrogens (tertiary/aromatic N) is 1. The van der Waals surface area contributed by atoms with E-state index in [1.165, 1.54) is 10.6 Å². The number of nitrogens with one attached hydrogen (secondary N) is 1. The van der Waals surface area contributed by atoms with Crippen molar-refractivity contribution in [2.75, 3.05) is 24.7 Å². The van der Waals surface area contributed by atoms with Crippen molar-refractivity contribution in [1.82, 2.24) is 4.31 Å². The number of sulfonamides is 1. The first-order valence-corrected chi connectivity index (χ1v) is 10.7. The van der Waals surface area contributed by atoms with Gasteiger partial charge in [0.25, 0.3) is 0 Å². The highest BCUT2D eigenvalue weighted by molar-refractivity contribution is 7.88. The maximum absolute atomic E-state index is 12.4. The minimum Gasteiger partial charge on any atom is -0.326 e. The molecule has 0 aliphatic carbocycles. The van der Waals surface area contributed by atoms with E-state index in [-0.39, 0.29) is 18.9 Å². The van der Waals surface area contributed by atoms with Crippen LogP contribution in [0, 0.1) is 12.8 Å². The van der Waals surface area contributed by atoms with E-state index in [1.807, 2.05) is 25.1 Å². The highest BCUT2D eigenvalue weighted by Crippen LogP contribution is 2.27. The number of hydrogen-bond donors (Lipinski definition) is 1. The molecule has 6 heteroatoms. The second-order valence-electron chi connectivity index (χ2n) is 7.34. The van der Waals surface area contributed by atoms with Crippen molar-refractivity contribution in [3.05, 3.63) is 29.3 Å². The molecule has 1 rings (SSSR count). The van der Waals surface area contributed by atoms with E-state index in [9.17, 15) is 13.2 Å². The third kappa shape index (κ3) is 7.16. The first kappa shape index (κ1) is 21.6. The maximum Gasteiger partial charge on any atom is 0.225 e. The Labute approximate surface area is 152 Å². The summed E-state index contributed by atoms with van der Waals surface area (Å²) in [4.78, 5) is 12.4. The van der Waals surface area contributed by atoms with Crippen LogP contribution in [-0.2, 0) is 14.8 Å². The predicted molar refractivity (Wildman–Crippen MR) is 104 cm³/mol. The molecule has 0 aliphatic heterocycles. The van der Waals surface area contributed by atoms with Crippen LogP contribution in [0.15, 0.2) is 18.2 Å². The standard InChI is InChI=1S/C19H32N2O3S/c1-14(2)10-12-21(25(6,23)24)13-11-18(22)20-19-16(5)8-7-9-17(19)15(3)4/h7-9,14-15H,10-13H2,1-6H3,(H,20,22). The summed E-state index contributed by atoms with van der Waals surface area (Å²) in [5.41, 5.74) is 2.95. The molecule has 0 radical (unpaired) electrons. The van der Waals surface area contributed by atoms with Crippen LogP contribution >= 0.6 is 0 Å². The summed E-state index contributed by atoms with van der Waals surface area (Å²) in [7, 11) is -3.31. The number of amides is 1. The van der Waals surface area contributed by atoms with Crippen LogP contribution in [0.5, 0.6) is 0 Å². The number of carbonyl (C=O) groups excluding carboxylic acids is 1. The molecule has 0 saturated carbocycles. The average molecular weight is 369 g/mol. The zero-order valence-corrected chi connectivity index (χ0v) is 17.1. The smallest absolute Gasteiger partial charge is 0.225 e. The van der Waals surface area contributed by atoms with Crippen LogP contribution in [0.25, 0.3) is 0 Å². The molecule has 5 nitrogen and oxygen atoms in total. The van der Waals surface area contributed by atoms with Gasteiger partial charge in [0.2, 0.25) is 15.9 Å². The molecule has 0 aromatic heterocycles. The molecular formula is C19H32N2O3S. The summed E-state index contributed by atoms with van der Waals surface area (Å²) in [6, 6.07) is 5.96. The number of benzene rings is 1. The molecule has 0 heterocycles. The third-order valence-electron chi connectivity index (χ3n) is 4.20. The molecule has 0 aliphatic rings. The molecule has 1 aromatic carbocycles. The van der Waals surface area contributed by atoms with Crippen molar-refractivity contribution < 1.29 is 13.2 Å². The molecule has 0 fully saturated rings. The van der Waals surface area contributed by atoms with Crippen molar-refractivity contribution >= 4 is 21.6 Å². The van der Waals surface area contributed by atoms with E-state index in [2.05, 4.69) is 33.0 Å². The maximum atomic E-state index is 12.4. The fourth-order valence-corrected chi connectivity index (χ4v) is 3.48. The van der Waals surface area contributed by atoms with Gasteiger partial charge in [-0.25, -0.2) is 12.7 Å². The van der Waals surface area contributed by atoms with Gasteiger partial charge < -0.3 is 5.32 Å². The molecule has 25 heavy (non-hydrogen) atoms. The number of para-hydroxylation sites is 1. The minimum atomic E-state index is -3.31. The Hall–Kier alpha value is -1.40. The highest BCUT2D eigenvalue weighted by atomic mass is 32.2. The summed E-state index contributed by atoms with van der Waals surface area (Å²) < 4.78 is 25.2. The van der Waals surface area contributed by atoms with Gasteiger partial charge in [-0.1, -0.05) is 45.9 Å². The summed E-state index contributed by atoms with van der Waals surface area (Å²) in [5, 5.41) is 2.97. The molecular weight excluding hydrogens is 336 g/mol. The van der Waals surface area contributed by atoms with E-state index >= 15 is 0 Å². The van der Waals surface area contributed by atoms with Gasteiger partial charge in [0, 0.05) is 25.2 Å². The van der Waals surface area contributed by atoms with Crippen LogP contribution in [0.1, 0.15) is 57.6 Å². The van der Waals surface area contributed by atoms with Gasteiger partial charge in [0.05, 0.1) is 6.26 Å². The summed E-state index contributed by atoms with van der Waals surface area (Å²) in [6.45, 7) is 10.9. The molecule has 142 valence electrons. The van der Waals surface area contributed by atoms with Gasteiger partial charge in [-0.2, -0.15) is 0 Å². The van der Waals surface area contributed by atoms with E-state index in [0.717, 1.165) is 23.2 Å².